The van der Waals surface area contributed by atoms with E-state index in [0.29, 0.717) is 0 Å². The number of halogens is 3. The van der Waals surface area contributed by atoms with Gasteiger partial charge in [0, 0.05) is 25.3 Å². The van der Waals surface area contributed by atoms with Crippen LogP contribution in [0.1, 0.15) is 19.4 Å². The molecule has 0 radical (unpaired) electrons. The van der Waals surface area contributed by atoms with Gasteiger partial charge in [-0.25, -0.2) is 4.98 Å². The van der Waals surface area contributed by atoms with Crippen molar-refractivity contribution in [2.24, 2.45) is 5.73 Å². The molecule has 3 nitrogen and oxygen atoms in total. The molecule has 1 heterocycles. The second-order valence-electron chi connectivity index (χ2n) is 4.45. The van der Waals surface area contributed by atoms with Crippen molar-refractivity contribution in [1.82, 2.24) is 4.98 Å². The molecule has 0 saturated carbocycles. The van der Waals surface area contributed by atoms with Crippen molar-refractivity contribution in [1.29, 1.82) is 0 Å². The molecule has 0 aliphatic carbocycles. The Morgan fingerprint density at radius 2 is 1.94 bits per heavy atom. The molecule has 0 bridgehead atoms. The minimum absolute atomic E-state index is 0.101. The van der Waals surface area contributed by atoms with Crippen LogP contribution in [0.15, 0.2) is 18.3 Å². The molecular formula is C11H16F3N3. The van der Waals surface area contributed by atoms with Gasteiger partial charge in [-0.2, -0.15) is 13.2 Å². The first-order valence-corrected chi connectivity index (χ1v) is 5.16. The molecule has 0 aromatic carbocycles. The molecule has 17 heavy (non-hydrogen) atoms. The van der Waals surface area contributed by atoms with Crippen molar-refractivity contribution < 1.29 is 13.2 Å². The van der Waals surface area contributed by atoms with Crippen LogP contribution >= 0.6 is 0 Å². The number of hydrogen-bond donors (Lipinski definition) is 1. The van der Waals surface area contributed by atoms with Crippen molar-refractivity contribution in [3.63, 3.8) is 0 Å². The second-order valence-corrected chi connectivity index (χ2v) is 4.45. The average molecular weight is 247 g/mol. The van der Waals surface area contributed by atoms with Gasteiger partial charge in [-0.05, 0) is 26.0 Å². The zero-order chi connectivity index (χ0) is 13.3. The zero-order valence-electron chi connectivity index (χ0n) is 10.0. The molecule has 1 aromatic rings. The fourth-order valence-corrected chi connectivity index (χ4v) is 1.31. The third-order valence-corrected chi connectivity index (χ3v) is 2.82. The molecule has 0 aliphatic heterocycles. The fourth-order valence-electron chi connectivity index (χ4n) is 1.31. The minimum Gasteiger partial charge on any atom is -0.353 e. The summed E-state index contributed by atoms with van der Waals surface area (Å²) in [4.78, 5) is 5.26. The summed E-state index contributed by atoms with van der Waals surface area (Å²) in [5, 5.41) is 0. The molecule has 0 saturated heterocycles. The van der Waals surface area contributed by atoms with Crippen molar-refractivity contribution in [2.75, 3.05) is 18.5 Å². The maximum Gasteiger partial charge on any atom is 0.419 e. The van der Waals surface area contributed by atoms with Gasteiger partial charge in [0.25, 0.3) is 0 Å². The van der Waals surface area contributed by atoms with Crippen LogP contribution < -0.4 is 10.6 Å². The molecule has 1 aromatic heterocycles. The highest BCUT2D eigenvalue weighted by molar-refractivity contribution is 5.49. The minimum atomic E-state index is -4.41. The lowest BCUT2D eigenvalue weighted by Gasteiger charge is -2.36. The summed E-state index contributed by atoms with van der Waals surface area (Å²) in [6.45, 7) is 3.76. The van der Waals surface area contributed by atoms with E-state index in [2.05, 4.69) is 4.98 Å². The maximum atomic E-state index is 12.8. The van der Waals surface area contributed by atoms with Gasteiger partial charge in [0.1, 0.15) is 5.82 Å². The van der Waals surface area contributed by atoms with E-state index in [4.69, 9.17) is 5.73 Å². The number of aromatic nitrogens is 1. The van der Waals surface area contributed by atoms with Crippen LogP contribution in [0.3, 0.4) is 0 Å². The molecule has 96 valence electrons. The third kappa shape index (κ3) is 2.88. The van der Waals surface area contributed by atoms with E-state index in [1.165, 1.54) is 17.2 Å². The molecule has 0 unspecified atom stereocenters. The van der Waals surface area contributed by atoms with Gasteiger partial charge >= 0.3 is 6.18 Å². The van der Waals surface area contributed by atoms with Crippen molar-refractivity contribution in [2.45, 2.75) is 25.6 Å². The SMILES string of the molecule is CN(c1ncccc1C(F)(F)F)C(C)(C)CN. The lowest BCUT2D eigenvalue weighted by molar-refractivity contribution is -0.137. The van der Waals surface area contributed by atoms with Crippen molar-refractivity contribution >= 4 is 5.82 Å². The molecule has 0 aliphatic rings. The molecule has 6 heteroatoms. The van der Waals surface area contributed by atoms with Gasteiger partial charge in [0.05, 0.1) is 5.56 Å². The quantitative estimate of drug-likeness (QED) is 0.891. The summed E-state index contributed by atoms with van der Waals surface area (Å²) >= 11 is 0. The van der Waals surface area contributed by atoms with Gasteiger partial charge in [-0.1, -0.05) is 0 Å². The van der Waals surface area contributed by atoms with Crippen LogP contribution in [-0.4, -0.2) is 24.1 Å². The molecule has 2 N–H and O–H groups in total. The number of nitrogens with zero attached hydrogens (tertiary/aromatic N) is 2. The number of rotatable bonds is 3. The predicted octanol–water partition coefficient (Wildman–Crippen LogP) is 2.27. The lowest BCUT2D eigenvalue weighted by atomic mass is 10.0. The Morgan fingerprint density at radius 3 is 2.41 bits per heavy atom. The Balaban J connectivity index is 3.23. The zero-order valence-corrected chi connectivity index (χ0v) is 10.0. The van der Waals surface area contributed by atoms with Crippen LogP contribution in [0.4, 0.5) is 19.0 Å². The molecule has 0 amide bonds. The standard InChI is InChI=1S/C11H16F3N3/c1-10(2,7-15)17(3)9-8(11(12,13)14)5-4-6-16-9/h4-6H,7,15H2,1-3H3. The van der Waals surface area contributed by atoms with Crippen molar-refractivity contribution in [3.05, 3.63) is 23.9 Å². The highest BCUT2D eigenvalue weighted by atomic mass is 19.4. The van der Waals surface area contributed by atoms with Crippen molar-refractivity contribution in [3.8, 4) is 0 Å². The van der Waals surface area contributed by atoms with Gasteiger partial charge in [0.2, 0.25) is 0 Å². The Kier molecular flexibility index (Phi) is 3.66. The molecule has 0 spiro atoms. The van der Waals surface area contributed by atoms with Crippen LogP contribution in [0.5, 0.6) is 0 Å². The predicted molar refractivity (Wildman–Crippen MR) is 60.8 cm³/mol. The molecule has 1 rings (SSSR count). The largest absolute Gasteiger partial charge is 0.419 e. The number of likely N-dealkylation sites (N-methyl/N-ethyl adjacent to an activating group) is 1. The number of nitrogens with two attached hydrogens (primary N) is 1. The summed E-state index contributed by atoms with van der Waals surface area (Å²) in [7, 11) is 1.56. The molecule has 0 atom stereocenters. The van der Waals surface area contributed by atoms with E-state index in [-0.39, 0.29) is 12.4 Å². The van der Waals surface area contributed by atoms with Crippen LogP contribution in [-0.2, 0) is 6.18 Å². The third-order valence-electron chi connectivity index (χ3n) is 2.82. The van der Waals surface area contributed by atoms with Crippen LogP contribution in [0.25, 0.3) is 0 Å². The summed E-state index contributed by atoms with van der Waals surface area (Å²) < 4.78 is 38.4. The normalized spacial score (nSPS) is 12.6. The van der Waals surface area contributed by atoms with E-state index in [9.17, 15) is 13.2 Å². The van der Waals surface area contributed by atoms with Crippen LogP contribution in [0, 0.1) is 0 Å². The Bertz CT molecular complexity index is 388. The summed E-state index contributed by atoms with van der Waals surface area (Å²) in [5.41, 5.74) is 4.22. The summed E-state index contributed by atoms with van der Waals surface area (Å²) in [6.07, 6.45) is -3.07. The van der Waals surface area contributed by atoms with E-state index < -0.39 is 17.3 Å². The number of alkyl halides is 3. The Labute approximate surface area is 98.4 Å². The maximum absolute atomic E-state index is 12.8. The van der Waals surface area contributed by atoms with Crippen LogP contribution in [0.2, 0.25) is 0 Å². The number of pyridine rings is 1. The first-order chi connectivity index (χ1) is 7.70. The van der Waals surface area contributed by atoms with Gasteiger partial charge in [0.15, 0.2) is 0 Å². The van der Waals surface area contributed by atoms with E-state index in [0.717, 1.165) is 6.07 Å². The highest BCUT2D eigenvalue weighted by Crippen LogP contribution is 2.36. The second kappa shape index (κ2) is 4.52. The molecular weight excluding hydrogens is 231 g/mol. The monoisotopic (exact) mass is 247 g/mol. The number of anilines is 1. The van der Waals surface area contributed by atoms with E-state index in [1.807, 2.05) is 0 Å². The Hall–Kier alpha value is -1.30. The number of hydrogen-bond acceptors (Lipinski definition) is 3. The van der Waals surface area contributed by atoms with E-state index >= 15 is 0 Å². The first kappa shape index (κ1) is 13.8. The lowest BCUT2D eigenvalue weighted by Crippen LogP contribution is -2.48. The topological polar surface area (TPSA) is 42.2 Å². The average Bonchev–Trinajstić information content (AvgIpc) is 2.27. The van der Waals surface area contributed by atoms with E-state index in [1.54, 1.807) is 20.9 Å². The summed E-state index contributed by atoms with van der Waals surface area (Å²) in [5.74, 6) is -0.101. The van der Waals surface area contributed by atoms with Gasteiger partial charge in [-0.3, -0.25) is 0 Å². The molecule has 0 fully saturated rings. The highest BCUT2D eigenvalue weighted by Gasteiger charge is 2.37. The Morgan fingerprint density at radius 1 is 1.35 bits per heavy atom. The first-order valence-electron chi connectivity index (χ1n) is 5.16. The van der Waals surface area contributed by atoms with Gasteiger partial charge in [-0.15, -0.1) is 0 Å². The smallest absolute Gasteiger partial charge is 0.353 e. The summed E-state index contributed by atoms with van der Waals surface area (Å²) in [6, 6.07) is 2.29. The fraction of sp³-hybridized carbons (Fsp3) is 0.545. The van der Waals surface area contributed by atoms with Gasteiger partial charge < -0.3 is 10.6 Å².